The molecule has 3 nitrogen and oxygen atoms in total. The molecular weight excluding hydrogens is 372 g/mol. The fraction of sp³-hybridized carbons (Fsp3) is 0.296. The van der Waals surface area contributed by atoms with E-state index in [0.717, 1.165) is 42.4 Å². The first-order chi connectivity index (χ1) is 14.8. The number of rotatable bonds is 5. The molecule has 30 heavy (non-hydrogen) atoms. The molecule has 1 unspecified atom stereocenters. The van der Waals surface area contributed by atoms with E-state index < -0.39 is 11.2 Å². The summed E-state index contributed by atoms with van der Waals surface area (Å²) in [4.78, 5) is 13.8. The molecule has 3 heteroatoms. The number of esters is 1. The van der Waals surface area contributed by atoms with Gasteiger partial charge in [0.2, 0.25) is 5.60 Å². The molecule has 3 aromatic carbocycles. The predicted molar refractivity (Wildman–Crippen MR) is 116 cm³/mol. The number of carbonyl (C=O) groups excluding carboxylic acids is 1. The summed E-state index contributed by atoms with van der Waals surface area (Å²) in [6.45, 7) is 0. The van der Waals surface area contributed by atoms with Gasteiger partial charge in [0.05, 0.1) is 0 Å². The number of epoxide rings is 1. The minimum absolute atomic E-state index is 0.0275. The van der Waals surface area contributed by atoms with E-state index in [-0.39, 0.29) is 12.1 Å². The van der Waals surface area contributed by atoms with Crippen LogP contribution in [0.25, 0.3) is 0 Å². The summed E-state index contributed by atoms with van der Waals surface area (Å²) in [7, 11) is 0. The van der Waals surface area contributed by atoms with Crippen molar-refractivity contribution < 1.29 is 14.3 Å². The van der Waals surface area contributed by atoms with Crippen LogP contribution in [-0.4, -0.2) is 12.1 Å². The molecule has 1 atom stereocenters. The van der Waals surface area contributed by atoms with Crippen molar-refractivity contribution in [2.45, 2.75) is 49.4 Å². The maximum Gasteiger partial charge on any atom is 0.347 e. The number of carbonyl (C=O) groups is 1. The van der Waals surface area contributed by atoms with Crippen molar-refractivity contribution in [3.63, 3.8) is 0 Å². The van der Waals surface area contributed by atoms with Gasteiger partial charge in [-0.05, 0) is 42.4 Å². The van der Waals surface area contributed by atoms with Crippen molar-refractivity contribution in [3.8, 4) is 0 Å². The van der Waals surface area contributed by atoms with E-state index in [1.54, 1.807) is 0 Å². The summed E-state index contributed by atoms with van der Waals surface area (Å²) in [6, 6.07) is 29.9. The molecule has 1 aliphatic carbocycles. The van der Waals surface area contributed by atoms with E-state index in [1.165, 1.54) is 6.42 Å². The average Bonchev–Trinajstić information content (AvgIpc) is 3.54. The second-order valence-electron chi connectivity index (χ2n) is 8.23. The van der Waals surface area contributed by atoms with Crippen molar-refractivity contribution in [2.75, 3.05) is 0 Å². The van der Waals surface area contributed by atoms with E-state index in [2.05, 4.69) is 0 Å². The summed E-state index contributed by atoms with van der Waals surface area (Å²) < 4.78 is 12.7. The third-order valence-corrected chi connectivity index (χ3v) is 6.41. The normalized spacial score (nSPS) is 22.9. The SMILES string of the molecule is O=C(OC1CCCCC1)C1(c2ccccc2)OC1(c1ccccc1)c1ccccc1. The molecule has 1 saturated heterocycles. The van der Waals surface area contributed by atoms with Crippen molar-refractivity contribution in [3.05, 3.63) is 108 Å². The Kier molecular flexibility index (Phi) is 4.92. The van der Waals surface area contributed by atoms with Gasteiger partial charge in [0, 0.05) is 0 Å². The number of ether oxygens (including phenoxy) is 2. The standard InChI is InChI=1S/C27H26O3/c28-25(29-24-19-11-4-12-20-24)27(23-17-9-3-10-18-23)26(30-27,21-13-5-1-6-14-21)22-15-7-2-8-16-22/h1-3,5-10,13-18,24H,4,11-12,19-20H2. The van der Waals surface area contributed by atoms with Gasteiger partial charge in [0.1, 0.15) is 6.10 Å². The Morgan fingerprint density at radius 1 is 0.700 bits per heavy atom. The van der Waals surface area contributed by atoms with Crippen LogP contribution >= 0.6 is 0 Å². The molecule has 1 aliphatic heterocycles. The van der Waals surface area contributed by atoms with Crippen LogP contribution in [0.1, 0.15) is 48.8 Å². The number of hydrogen-bond donors (Lipinski definition) is 0. The molecule has 1 saturated carbocycles. The largest absolute Gasteiger partial charge is 0.460 e. The van der Waals surface area contributed by atoms with E-state index >= 15 is 0 Å². The van der Waals surface area contributed by atoms with Gasteiger partial charge in [-0.15, -0.1) is 0 Å². The zero-order chi connectivity index (χ0) is 20.4. The molecule has 152 valence electrons. The topological polar surface area (TPSA) is 38.8 Å². The first kappa shape index (κ1) is 19.1. The van der Waals surface area contributed by atoms with Gasteiger partial charge in [0.25, 0.3) is 0 Å². The second kappa shape index (κ2) is 7.73. The number of hydrogen-bond acceptors (Lipinski definition) is 3. The highest BCUT2D eigenvalue weighted by Crippen LogP contribution is 2.66. The zero-order valence-corrected chi connectivity index (χ0v) is 17.0. The summed E-state index contributed by atoms with van der Waals surface area (Å²) in [5.74, 6) is -0.284. The lowest BCUT2D eigenvalue weighted by atomic mass is 9.77. The van der Waals surface area contributed by atoms with Crippen LogP contribution in [-0.2, 0) is 25.5 Å². The van der Waals surface area contributed by atoms with Crippen LogP contribution in [0.5, 0.6) is 0 Å². The molecule has 0 aromatic heterocycles. The maximum absolute atomic E-state index is 13.8. The van der Waals surface area contributed by atoms with Gasteiger partial charge in [-0.1, -0.05) is 97.4 Å². The third-order valence-electron chi connectivity index (χ3n) is 6.41. The quantitative estimate of drug-likeness (QED) is 0.407. The Balaban J connectivity index is 1.64. The highest BCUT2D eigenvalue weighted by molar-refractivity contribution is 5.89. The van der Waals surface area contributed by atoms with Crippen molar-refractivity contribution in [1.29, 1.82) is 0 Å². The van der Waals surface area contributed by atoms with Gasteiger partial charge in [-0.3, -0.25) is 0 Å². The van der Waals surface area contributed by atoms with E-state index in [1.807, 2.05) is 91.0 Å². The van der Waals surface area contributed by atoms with E-state index in [0.29, 0.717) is 0 Å². The summed E-state index contributed by atoms with van der Waals surface area (Å²) >= 11 is 0. The van der Waals surface area contributed by atoms with Gasteiger partial charge in [-0.2, -0.15) is 0 Å². The Hall–Kier alpha value is -2.91. The Morgan fingerprint density at radius 2 is 1.17 bits per heavy atom. The Labute approximate surface area is 177 Å². The highest BCUT2D eigenvalue weighted by Gasteiger charge is 2.78. The zero-order valence-electron chi connectivity index (χ0n) is 17.0. The van der Waals surface area contributed by atoms with Gasteiger partial charge in [0.15, 0.2) is 5.60 Å². The van der Waals surface area contributed by atoms with Crippen LogP contribution in [0.15, 0.2) is 91.0 Å². The Morgan fingerprint density at radius 3 is 1.67 bits per heavy atom. The summed E-state index contributed by atoms with van der Waals surface area (Å²) in [6.07, 6.45) is 5.27. The fourth-order valence-corrected chi connectivity index (χ4v) is 4.90. The average molecular weight is 399 g/mol. The molecule has 0 N–H and O–H groups in total. The van der Waals surface area contributed by atoms with Crippen molar-refractivity contribution in [2.24, 2.45) is 0 Å². The smallest absolute Gasteiger partial charge is 0.347 e. The highest BCUT2D eigenvalue weighted by atomic mass is 16.7. The van der Waals surface area contributed by atoms with Crippen LogP contribution in [0.3, 0.4) is 0 Å². The molecule has 2 aliphatic rings. The minimum atomic E-state index is -1.19. The van der Waals surface area contributed by atoms with Gasteiger partial charge < -0.3 is 9.47 Å². The molecule has 3 aromatic rings. The molecule has 0 bridgehead atoms. The first-order valence-electron chi connectivity index (χ1n) is 10.9. The van der Waals surface area contributed by atoms with Crippen LogP contribution < -0.4 is 0 Å². The van der Waals surface area contributed by atoms with Crippen molar-refractivity contribution >= 4 is 5.97 Å². The molecule has 0 spiro atoms. The minimum Gasteiger partial charge on any atom is -0.460 e. The third kappa shape index (κ3) is 2.96. The lowest BCUT2D eigenvalue weighted by molar-refractivity contribution is -0.157. The van der Waals surface area contributed by atoms with Crippen LogP contribution in [0, 0.1) is 0 Å². The molecule has 0 radical (unpaired) electrons. The van der Waals surface area contributed by atoms with Crippen LogP contribution in [0.2, 0.25) is 0 Å². The first-order valence-corrected chi connectivity index (χ1v) is 10.9. The molecule has 1 heterocycles. The molecule has 5 rings (SSSR count). The Bertz CT molecular complexity index is 955. The van der Waals surface area contributed by atoms with Crippen LogP contribution in [0.4, 0.5) is 0 Å². The molecular formula is C27H26O3. The lowest BCUT2D eigenvalue weighted by Gasteiger charge is -2.26. The van der Waals surface area contributed by atoms with Gasteiger partial charge in [-0.25, -0.2) is 4.79 Å². The lowest BCUT2D eigenvalue weighted by Crippen LogP contribution is -2.36. The van der Waals surface area contributed by atoms with Gasteiger partial charge >= 0.3 is 5.97 Å². The molecule has 2 fully saturated rings. The monoisotopic (exact) mass is 398 g/mol. The van der Waals surface area contributed by atoms with E-state index in [4.69, 9.17) is 9.47 Å². The van der Waals surface area contributed by atoms with E-state index in [9.17, 15) is 4.79 Å². The maximum atomic E-state index is 13.8. The number of benzene rings is 3. The summed E-state index contributed by atoms with van der Waals surface area (Å²) in [5.41, 5.74) is 0.664. The predicted octanol–water partition coefficient (Wildman–Crippen LogP) is 5.73. The second-order valence-corrected chi connectivity index (χ2v) is 8.23. The fourth-order valence-electron chi connectivity index (χ4n) is 4.90. The summed E-state index contributed by atoms with van der Waals surface area (Å²) in [5, 5.41) is 0. The molecule has 0 amide bonds. The van der Waals surface area contributed by atoms with Crippen molar-refractivity contribution in [1.82, 2.24) is 0 Å².